The van der Waals surface area contributed by atoms with Crippen LogP contribution >= 0.6 is 0 Å². The molecule has 2 aromatic rings. The van der Waals surface area contributed by atoms with Crippen molar-refractivity contribution >= 4 is 5.91 Å². The number of ether oxygens (including phenoxy) is 2. The number of rotatable bonds is 5. The van der Waals surface area contributed by atoms with Crippen LogP contribution in [0.15, 0.2) is 42.6 Å². The van der Waals surface area contributed by atoms with Gasteiger partial charge in [0.25, 0.3) is 5.91 Å². The number of likely N-dealkylation sites (tertiary alicyclic amines) is 1. The molecule has 2 heterocycles. The van der Waals surface area contributed by atoms with Gasteiger partial charge < -0.3 is 14.4 Å². The number of para-hydroxylation sites is 1. The number of nitrogens with zero attached hydrogens (tertiary/aromatic N) is 3. The molecule has 1 aliphatic rings. The maximum absolute atomic E-state index is 12.1. The maximum Gasteiger partial charge on any atom is 0.260 e. The van der Waals surface area contributed by atoms with Crippen LogP contribution in [0, 0.1) is 18.3 Å². The first-order valence-corrected chi connectivity index (χ1v) is 7.64. The van der Waals surface area contributed by atoms with E-state index in [4.69, 9.17) is 14.7 Å². The second-order valence-electron chi connectivity index (χ2n) is 5.59. The summed E-state index contributed by atoms with van der Waals surface area (Å²) in [7, 11) is 0. The fraction of sp³-hybridized carbons (Fsp3) is 0.278. The van der Waals surface area contributed by atoms with Gasteiger partial charge in [0, 0.05) is 12.3 Å². The highest BCUT2D eigenvalue weighted by molar-refractivity contribution is 5.78. The third-order valence-electron chi connectivity index (χ3n) is 3.80. The van der Waals surface area contributed by atoms with Crippen molar-refractivity contribution in [2.45, 2.75) is 13.0 Å². The zero-order valence-corrected chi connectivity index (χ0v) is 13.3. The lowest BCUT2D eigenvalue weighted by Crippen LogP contribution is -2.57. The molecule has 3 rings (SSSR count). The zero-order valence-electron chi connectivity index (χ0n) is 13.3. The summed E-state index contributed by atoms with van der Waals surface area (Å²) in [6.45, 7) is 2.94. The second kappa shape index (κ2) is 7.01. The van der Waals surface area contributed by atoms with Crippen LogP contribution in [0.4, 0.5) is 0 Å². The predicted octanol–water partition coefficient (Wildman–Crippen LogP) is 1.93. The fourth-order valence-electron chi connectivity index (χ4n) is 2.38. The number of carbonyl (C=O) groups is 1. The number of amides is 1. The first-order chi connectivity index (χ1) is 11.7. The zero-order chi connectivity index (χ0) is 16.9. The number of pyridine rings is 1. The van der Waals surface area contributed by atoms with E-state index < -0.39 is 0 Å². The van der Waals surface area contributed by atoms with E-state index in [9.17, 15) is 4.79 Å². The van der Waals surface area contributed by atoms with Crippen molar-refractivity contribution in [3.05, 3.63) is 53.7 Å². The van der Waals surface area contributed by atoms with Crippen LogP contribution in [-0.4, -0.2) is 41.6 Å². The van der Waals surface area contributed by atoms with E-state index in [-0.39, 0.29) is 18.6 Å². The highest BCUT2D eigenvalue weighted by Gasteiger charge is 2.32. The lowest BCUT2D eigenvalue weighted by atomic mass is 10.1. The Labute approximate surface area is 140 Å². The largest absolute Gasteiger partial charge is 0.484 e. The highest BCUT2D eigenvalue weighted by Crippen LogP contribution is 2.19. The molecule has 1 fully saturated rings. The number of benzene rings is 1. The smallest absolute Gasteiger partial charge is 0.260 e. The van der Waals surface area contributed by atoms with Crippen LogP contribution in [-0.2, 0) is 4.79 Å². The molecule has 0 aliphatic carbocycles. The van der Waals surface area contributed by atoms with Gasteiger partial charge in [0.2, 0.25) is 5.88 Å². The quantitative estimate of drug-likeness (QED) is 0.840. The minimum absolute atomic E-state index is 0.0136. The topological polar surface area (TPSA) is 75.4 Å². The number of hydrogen-bond donors (Lipinski definition) is 0. The summed E-state index contributed by atoms with van der Waals surface area (Å²) in [5.74, 6) is 1.05. The van der Waals surface area contributed by atoms with Crippen molar-refractivity contribution in [2.24, 2.45) is 0 Å². The average Bonchev–Trinajstić information content (AvgIpc) is 2.57. The lowest BCUT2D eigenvalue weighted by Gasteiger charge is -2.38. The lowest BCUT2D eigenvalue weighted by molar-refractivity contribution is -0.142. The second-order valence-corrected chi connectivity index (χ2v) is 5.59. The summed E-state index contributed by atoms with van der Waals surface area (Å²) in [5, 5.41) is 8.85. The number of aryl methyl sites for hydroxylation is 1. The molecule has 122 valence electrons. The molecule has 0 saturated carbocycles. The van der Waals surface area contributed by atoms with Crippen LogP contribution in [0.2, 0.25) is 0 Å². The summed E-state index contributed by atoms with van der Waals surface area (Å²) < 4.78 is 11.2. The molecule has 0 N–H and O–H groups in total. The minimum Gasteiger partial charge on any atom is -0.484 e. The number of hydrogen-bond acceptors (Lipinski definition) is 5. The Morgan fingerprint density at radius 3 is 2.92 bits per heavy atom. The fourth-order valence-corrected chi connectivity index (χ4v) is 2.38. The predicted molar refractivity (Wildman–Crippen MR) is 86.6 cm³/mol. The van der Waals surface area contributed by atoms with Gasteiger partial charge in [0.15, 0.2) is 6.61 Å². The van der Waals surface area contributed by atoms with Crippen molar-refractivity contribution in [3.8, 4) is 17.7 Å². The molecule has 1 saturated heterocycles. The highest BCUT2D eigenvalue weighted by atomic mass is 16.5. The van der Waals surface area contributed by atoms with E-state index in [0.717, 1.165) is 11.3 Å². The van der Waals surface area contributed by atoms with Crippen molar-refractivity contribution < 1.29 is 14.3 Å². The van der Waals surface area contributed by atoms with E-state index >= 15 is 0 Å². The molecule has 0 unspecified atom stereocenters. The summed E-state index contributed by atoms with van der Waals surface area (Å²) >= 11 is 0. The molecular weight excluding hydrogens is 306 g/mol. The molecule has 1 amide bonds. The average molecular weight is 323 g/mol. The van der Waals surface area contributed by atoms with Gasteiger partial charge in [-0.15, -0.1) is 0 Å². The Morgan fingerprint density at radius 1 is 1.38 bits per heavy atom. The van der Waals surface area contributed by atoms with Gasteiger partial charge in [0.1, 0.15) is 11.9 Å². The molecule has 0 bridgehead atoms. The molecule has 0 spiro atoms. The Morgan fingerprint density at radius 2 is 2.17 bits per heavy atom. The first-order valence-electron chi connectivity index (χ1n) is 7.64. The van der Waals surface area contributed by atoms with E-state index in [1.54, 1.807) is 17.0 Å². The first kappa shape index (κ1) is 15.8. The Kier molecular flexibility index (Phi) is 4.62. The number of carbonyl (C=O) groups excluding carboxylic acids is 1. The van der Waals surface area contributed by atoms with Crippen LogP contribution in [0.1, 0.15) is 11.1 Å². The molecule has 1 aromatic carbocycles. The summed E-state index contributed by atoms with van der Waals surface area (Å²) in [6, 6.07) is 12.8. The van der Waals surface area contributed by atoms with Gasteiger partial charge in [-0.3, -0.25) is 4.79 Å². The van der Waals surface area contributed by atoms with Gasteiger partial charge in [0.05, 0.1) is 24.7 Å². The van der Waals surface area contributed by atoms with Crippen LogP contribution < -0.4 is 9.47 Å². The molecule has 24 heavy (non-hydrogen) atoms. The summed E-state index contributed by atoms with van der Waals surface area (Å²) in [4.78, 5) is 17.8. The Hall–Kier alpha value is -3.07. The Balaban J connectivity index is 1.45. The number of nitriles is 1. The van der Waals surface area contributed by atoms with Gasteiger partial charge in [-0.05, 0) is 24.6 Å². The van der Waals surface area contributed by atoms with Gasteiger partial charge in [-0.1, -0.05) is 18.2 Å². The van der Waals surface area contributed by atoms with Gasteiger partial charge >= 0.3 is 0 Å². The molecule has 6 nitrogen and oxygen atoms in total. The molecule has 0 radical (unpaired) electrons. The molecular formula is C18H17N3O3. The molecule has 6 heteroatoms. The van der Waals surface area contributed by atoms with Crippen molar-refractivity contribution in [1.29, 1.82) is 5.26 Å². The van der Waals surface area contributed by atoms with Gasteiger partial charge in [-0.2, -0.15) is 5.26 Å². The van der Waals surface area contributed by atoms with Crippen LogP contribution in [0.5, 0.6) is 11.6 Å². The molecule has 0 atom stereocenters. The third kappa shape index (κ3) is 3.63. The van der Waals surface area contributed by atoms with Crippen LogP contribution in [0.3, 0.4) is 0 Å². The number of aromatic nitrogens is 1. The normalized spacial score (nSPS) is 13.8. The van der Waals surface area contributed by atoms with E-state index in [1.807, 2.05) is 37.3 Å². The van der Waals surface area contributed by atoms with E-state index in [2.05, 4.69) is 4.98 Å². The van der Waals surface area contributed by atoms with E-state index in [0.29, 0.717) is 24.5 Å². The van der Waals surface area contributed by atoms with Gasteiger partial charge in [-0.25, -0.2) is 4.98 Å². The summed E-state index contributed by atoms with van der Waals surface area (Å²) in [6.07, 6.45) is 1.43. The third-order valence-corrected chi connectivity index (χ3v) is 3.80. The van der Waals surface area contributed by atoms with Crippen LogP contribution in [0.25, 0.3) is 0 Å². The molecule has 1 aliphatic heterocycles. The van der Waals surface area contributed by atoms with Crippen molar-refractivity contribution in [1.82, 2.24) is 9.88 Å². The maximum atomic E-state index is 12.1. The molecule has 1 aromatic heterocycles. The standard InChI is InChI=1S/C18H17N3O3/c1-13-4-2-3-5-16(13)23-12-18(22)21-10-15(11-21)24-17-8-14(9-19)6-7-20-17/h2-8,15H,10-12H2,1H3. The monoisotopic (exact) mass is 323 g/mol. The SMILES string of the molecule is Cc1ccccc1OCC(=O)N1CC(Oc2cc(C#N)ccn2)C1. The minimum atomic E-state index is -0.103. The summed E-state index contributed by atoms with van der Waals surface area (Å²) in [5.41, 5.74) is 1.50. The Bertz CT molecular complexity index is 779. The van der Waals surface area contributed by atoms with Crippen molar-refractivity contribution in [2.75, 3.05) is 19.7 Å². The van der Waals surface area contributed by atoms with Crippen molar-refractivity contribution in [3.63, 3.8) is 0 Å². The van der Waals surface area contributed by atoms with E-state index in [1.165, 1.54) is 6.20 Å².